The van der Waals surface area contributed by atoms with Gasteiger partial charge in [-0.1, -0.05) is 29.8 Å². The van der Waals surface area contributed by atoms with Crippen LogP contribution in [0.1, 0.15) is 38.8 Å². The number of benzene rings is 1. The maximum atomic E-state index is 12.9. The second-order valence-corrected chi connectivity index (χ2v) is 6.88. The lowest BCUT2D eigenvalue weighted by Gasteiger charge is -2.16. The van der Waals surface area contributed by atoms with Crippen molar-refractivity contribution in [3.05, 3.63) is 75.5 Å². The summed E-state index contributed by atoms with van der Waals surface area (Å²) in [5, 5.41) is 5.24. The van der Waals surface area contributed by atoms with Gasteiger partial charge in [-0.3, -0.25) is 9.48 Å². The average Bonchev–Trinajstić information content (AvgIpc) is 3.12. The molecule has 0 spiro atoms. The molecule has 136 valence electrons. The van der Waals surface area contributed by atoms with Gasteiger partial charge in [0.05, 0.1) is 24.3 Å². The van der Waals surface area contributed by atoms with Crippen molar-refractivity contribution in [3.8, 4) is 0 Å². The molecule has 26 heavy (non-hydrogen) atoms. The molecular weight excluding hydrogens is 350 g/mol. The van der Waals surface area contributed by atoms with Gasteiger partial charge < -0.3 is 9.32 Å². The number of aromatic nitrogens is 2. The van der Waals surface area contributed by atoms with Crippen molar-refractivity contribution in [3.63, 3.8) is 0 Å². The molecule has 0 N–H and O–H groups in total. The lowest BCUT2D eigenvalue weighted by molar-refractivity contribution is 0.0773. The first kappa shape index (κ1) is 18.3. The molecule has 0 bridgehead atoms. The molecule has 0 aliphatic heterocycles. The topological polar surface area (TPSA) is 51.3 Å². The minimum Gasteiger partial charge on any atom is -0.464 e. The van der Waals surface area contributed by atoms with E-state index >= 15 is 0 Å². The van der Waals surface area contributed by atoms with Gasteiger partial charge in [-0.05, 0) is 44.5 Å². The zero-order valence-electron chi connectivity index (χ0n) is 15.4. The third-order valence-corrected chi connectivity index (χ3v) is 4.78. The Morgan fingerprint density at radius 3 is 2.58 bits per heavy atom. The highest BCUT2D eigenvalue weighted by atomic mass is 35.5. The molecule has 6 heteroatoms. The fourth-order valence-electron chi connectivity index (χ4n) is 3.01. The summed E-state index contributed by atoms with van der Waals surface area (Å²) in [4.78, 5) is 14.6. The fraction of sp³-hybridized carbons (Fsp3) is 0.300. The number of nitrogens with zero attached hydrogens (tertiary/aromatic N) is 3. The minimum absolute atomic E-state index is 0.0699. The first-order valence-corrected chi connectivity index (χ1v) is 8.82. The summed E-state index contributed by atoms with van der Waals surface area (Å²) in [6.07, 6.45) is 0. The Labute approximate surface area is 158 Å². The highest BCUT2D eigenvalue weighted by molar-refractivity contribution is 6.31. The standard InChI is InChI=1S/C20H22ClN3O2/c1-13-9-10-17(26-13)12-23(4)20(25)19-14(2)22-24(15(19)3)11-16-7-5-6-8-18(16)21/h5-10H,11-12H2,1-4H3. The van der Waals surface area contributed by atoms with E-state index in [-0.39, 0.29) is 5.91 Å². The van der Waals surface area contributed by atoms with Gasteiger partial charge in [-0.2, -0.15) is 5.10 Å². The van der Waals surface area contributed by atoms with E-state index in [1.54, 1.807) is 11.9 Å². The highest BCUT2D eigenvalue weighted by Crippen LogP contribution is 2.21. The molecule has 0 radical (unpaired) electrons. The quantitative estimate of drug-likeness (QED) is 0.669. The van der Waals surface area contributed by atoms with Gasteiger partial charge >= 0.3 is 0 Å². The zero-order chi connectivity index (χ0) is 18.8. The zero-order valence-corrected chi connectivity index (χ0v) is 16.2. The van der Waals surface area contributed by atoms with Gasteiger partial charge in [0.15, 0.2) is 0 Å². The van der Waals surface area contributed by atoms with E-state index in [1.807, 2.05) is 61.9 Å². The van der Waals surface area contributed by atoms with Crippen molar-refractivity contribution < 1.29 is 9.21 Å². The molecule has 3 rings (SSSR count). The molecule has 3 aromatic rings. The van der Waals surface area contributed by atoms with E-state index in [2.05, 4.69) is 5.10 Å². The summed E-state index contributed by atoms with van der Waals surface area (Å²) in [6, 6.07) is 11.4. The van der Waals surface area contributed by atoms with Crippen molar-refractivity contribution in [2.24, 2.45) is 0 Å². The number of carbonyl (C=O) groups excluding carboxylic acids is 1. The summed E-state index contributed by atoms with van der Waals surface area (Å²) in [5.74, 6) is 1.53. The van der Waals surface area contributed by atoms with E-state index in [9.17, 15) is 4.79 Å². The maximum Gasteiger partial charge on any atom is 0.257 e. The van der Waals surface area contributed by atoms with Crippen LogP contribution in [0.15, 0.2) is 40.8 Å². The largest absolute Gasteiger partial charge is 0.464 e. The lowest BCUT2D eigenvalue weighted by atomic mass is 10.1. The summed E-state index contributed by atoms with van der Waals surface area (Å²) in [6.45, 7) is 6.60. The van der Waals surface area contributed by atoms with Crippen molar-refractivity contribution in [2.45, 2.75) is 33.9 Å². The summed E-state index contributed by atoms with van der Waals surface area (Å²) in [7, 11) is 1.77. The lowest BCUT2D eigenvalue weighted by Crippen LogP contribution is -2.27. The Bertz CT molecular complexity index is 942. The molecule has 0 saturated carbocycles. The number of rotatable bonds is 5. The van der Waals surface area contributed by atoms with Crippen molar-refractivity contribution >= 4 is 17.5 Å². The third kappa shape index (κ3) is 3.68. The molecular formula is C20H22ClN3O2. The number of hydrogen-bond acceptors (Lipinski definition) is 3. The van der Waals surface area contributed by atoms with Crippen LogP contribution in [0.4, 0.5) is 0 Å². The molecule has 0 unspecified atom stereocenters. The van der Waals surface area contributed by atoms with Crippen LogP contribution in [0.2, 0.25) is 5.02 Å². The number of aryl methyl sites for hydroxylation is 2. The second kappa shape index (κ2) is 7.38. The number of hydrogen-bond donors (Lipinski definition) is 0. The van der Waals surface area contributed by atoms with Crippen molar-refractivity contribution in [1.29, 1.82) is 0 Å². The summed E-state index contributed by atoms with van der Waals surface area (Å²) in [5.41, 5.74) is 3.14. The summed E-state index contributed by atoms with van der Waals surface area (Å²) >= 11 is 6.25. The van der Waals surface area contributed by atoms with Crippen LogP contribution in [0.5, 0.6) is 0 Å². The van der Waals surface area contributed by atoms with Crippen molar-refractivity contribution in [1.82, 2.24) is 14.7 Å². The smallest absolute Gasteiger partial charge is 0.257 e. The Balaban J connectivity index is 1.82. The van der Waals surface area contributed by atoms with Gasteiger partial charge in [0.1, 0.15) is 11.5 Å². The van der Waals surface area contributed by atoms with E-state index in [0.29, 0.717) is 29.4 Å². The SMILES string of the molecule is Cc1ccc(CN(C)C(=O)c2c(C)nn(Cc3ccccc3Cl)c2C)o1. The Morgan fingerprint density at radius 1 is 1.19 bits per heavy atom. The first-order valence-electron chi connectivity index (χ1n) is 8.45. The normalized spacial score (nSPS) is 11.0. The van der Waals surface area contributed by atoms with E-state index in [1.165, 1.54) is 0 Å². The second-order valence-electron chi connectivity index (χ2n) is 6.47. The highest BCUT2D eigenvalue weighted by Gasteiger charge is 2.22. The molecule has 2 heterocycles. The van der Waals surface area contributed by atoms with Gasteiger partial charge in [0.25, 0.3) is 5.91 Å². The van der Waals surface area contributed by atoms with Gasteiger partial charge in [0.2, 0.25) is 0 Å². The average molecular weight is 372 g/mol. The molecule has 0 aliphatic carbocycles. The van der Waals surface area contributed by atoms with Crippen molar-refractivity contribution in [2.75, 3.05) is 7.05 Å². The number of halogens is 1. The van der Waals surface area contributed by atoms with Crippen LogP contribution in [-0.2, 0) is 13.1 Å². The monoisotopic (exact) mass is 371 g/mol. The van der Waals surface area contributed by atoms with Crippen LogP contribution in [0.3, 0.4) is 0 Å². The van der Waals surface area contributed by atoms with Gasteiger partial charge in [0, 0.05) is 17.8 Å². The Hall–Kier alpha value is -2.53. The van der Waals surface area contributed by atoms with Gasteiger partial charge in [-0.25, -0.2) is 0 Å². The molecule has 0 aliphatic rings. The minimum atomic E-state index is -0.0699. The van der Waals surface area contributed by atoms with E-state index < -0.39 is 0 Å². The third-order valence-electron chi connectivity index (χ3n) is 4.41. The van der Waals surface area contributed by atoms with Crippen LogP contribution in [0, 0.1) is 20.8 Å². The number of carbonyl (C=O) groups is 1. The molecule has 2 aromatic heterocycles. The van der Waals surface area contributed by atoms with Crippen LogP contribution in [0.25, 0.3) is 0 Å². The molecule has 0 fully saturated rings. The van der Waals surface area contributed by atoms with E-state index in [0.717, 1.165) is 22.8 Å². The van der Waals surface area contributed by atoms with Crippen LogP contribution in [-0.4, -0.2) is 27.6 Å². The Morgan fingerprint density at radius 2 is 1.92 bits per heavy atom. The predicted molar refractivity (Wildman–Crippen MR) is 101 cm³/mol. The molecule has 1 amide bonds. The molecule has 0 saturated heterocycles. The van der Waals surface area contributed by atoms with Gasteiger partial charge in [-0.15, -0.1) is 0 Å². The summed E-state index contributed by atoms with van der Waals surface area (Å²) < 4.78 is 7.40. The van der Waals surface area contributed by atoms with E-state index in [4.69, 9.17) is 16.0 Å². The number of furan rings is 1. The number of amides is 1. The fourth-order valence-corrected chi connectivity index (χ4v) is 3.21. The first-order chi connectivity index (χ1) is 12.4. The Kier molecular flexibility index (Phi) is 5.18. The molecule has 5 nitrogen and oxygen atoms in total. The molecule has 1 aromatic carbocycles. The molecule has 0 atom stereocenters. The van der Waals surface area contributed by atoms with Crippen LogP contribution < -0.4 is 0 Å². The predicted octanol–water partition coefficient (Wildman–Crippen LogP) is 4.38. The van der Waals surface area contributed by atoms with Crippen LogP contribution >= 0.6 is 11.6 Å². The maximum absolute atomic E-state index is 12.9.